The largest absolute Gasteiger partial charge is 0.497 e. The second kappa shape index (κ2) is 8.84. The van der Waals surface area contributed by atoms with Crippen molar-refractivity contribution in [2.45, 2.75) is 13.5 Å². The Morgan fingerprint density at radius 3 is 2.69 bits per heavy atom. The second-order valence-electron chi connectivity index (χ2n) is 5.79. The molecule has 1 aromatic heterocycles. The van der Waals surface area contributed by atoms with Gasteiger partial charge in [0.2, 0.25) is 5.78 Å². The van der Waals surface area contributed by atoms with Crippen LogP contribution in [0.5, 0.6) is 5.75 Å². The van der Waals surface area contributed by atoms with Gasteiger partial charge in [0.15, 0.2) is 5.69 Å². The third kappa shape index (κ3) is 4.95. The van der Waals surface area contributed by atoms with E-state index in [0.29, 0.717) is 18.0 Å². The maximum atomic E-state index is 12.5. The van der Waals surface area contributed by atoms with E-state index in [1.54, 1.807) is 25.1 Å². The van der Waals surface area contributed by atoms with E-state index >= 15 is 0 Å². The normalized spacial score (nSPS) is 10.8. The minimum atomic E-state index is -0.553. The fraction of sp³-hybridized carbons (Fsp3) is 0.316. The first kappa shape index (κ1) is 19.2. The standard InChI is InChI=1S/C19H23N3O4/c1-5-26-19(24)16-12-17(18(23)9-10-21(2)3)22(20-16)13-14-7-6-8-15(11-14)25-4/h6-12H,5,13H2,1-4H3. The fourth-order valence-electron chi connectivity index (χ4n) is 2.29. The summed E-state index contributed by atoms with van der Waals surface area (Å²) in [5, 5.41) is 4.26. The number of ketones is 1. The summed E-state index contributed by atoms with van der Waals surface area (Å²) in [5.74, 6) is -0.0900. The molecule has 0 aliphatic carbocycles. The summed E-state index contributed by atoms with van der Waals surface area (Å²) in [7, 11) is 5.23. The third-order valence-corrected chi connectivity index (χ3v) is 3.51. The number of hydrogen-bond donors (Lipinski definition) is 0. The molecule has 0 fully saturated rings. The molecule has 0 saturated carbocycles. The van der Waals surface area contributed by atoms with Crippen molar-refractivity contribution in [3.8, 4) is 5.75 Å². The van der Waals surface area contributed by atoms with E-state index in [1.165, 1.54) is 16.8 Å². The Kier molecular flexibility index (Phi) is 6.54. The van der Waals surface area contributed by atoms with Gasteiger partial charge < -0.3 is 14.4 Å². The smallest absolute Gasteiger partial charge is 0.358 e. The monoisotopic (exact) mass is 357 g/mol. The average Bonchev–Trinajstić information content (AvgIpc) is 3.04. The number of allylic oxidation sites excluding steroid dienone is 1. The van der Waals surface area contributed by atoms with Crippen LogP contribution in [0.4, 0.5) is 0 Å². The van der Waals surface area contributed by atoms with Gasteiger partial charge in [0.1, 0.15) is 11.4 Å². The van der Waals surface area contributed by atoms with Crippen LogP contribution in [-0.4, -0.2) is 54.2 Å². The lowest BCUT2D eigenvalue weighted by Gasteiger charge is -2.08. The molecule has 1 aromatic carbocycles. The van der Waals surface area contributed by atoms with E-state index in [-0.39, 0.29) is 18.1 Å². The summed E-state index contributed by atoms with van der Waals surface area (Å²) in [5.41, 5.74) is 1.32. The van der Waals surface area contributed by atoms with Crippen molar-refractivity contribution >= 4 is 11.8 Å². The number of esters is 1. The molecule has 0 spiro atoms. The van der Waals surface area contributed by atoms with Gasteiger partial charge >= 0.3 is 5.97 Å². The molecule has 2 rings (SSSR count). The maximum Gasteiger partial charge on any atom is 0.358 e. The van der Waals surface area contributed by atoms with Crippen LogP contribution in [0, 0.1) is 0 Å². The van der Waals surface area contributed by atoms with Crippen LogP contribution in [0.3, 0.4) is 0 Å². The summed E-state index contributed by atoms with van der Waals surface area (Å²) < 4.78 is 11.7. The highest BCUT2D eigenvalue weighted by atomic mass is 16.5. The number of aromatic nitrogens is 2. The summed E-state index contributed by atoms with van der Waals surface area (Å²) in [4.78, 5) is 26.3. The molecule has 0 aliphatic rings. The first-order chi connectivity index (χ1) is 12.4. The Balaban J connectivity index is 2.37. The highest BCUT2D eigenvalue weighted by molar-refractivity contribution is 6.04. The van der Waals surface area contributed by atoms with Crippen LogP contribution in [0.25, 0.3) is 0 Å². The third-order valence-electron chi connectivity index (χ3n) is 3.51. The number of ether oxygens (including phenoxy) is 2. The second-order valence-corrected chi connectivity index (χ2v) is 5.79. The number of hydrogen-bond acceptors (Lipinski definition) is 6. The summed E-state index contributed by atoms with van der Waals surface area (Å²) in [6.07, 6.45) is 3.09. The lowest BCUT2D eigenvalue weighted by atomic mass is 10.2. The zero-order valence-electron chi connectivity index (χ0n) is 15.4. The SMILES string of the molecule is CCOC(=O)c1cc(C(=O)C=CN(C)C)n(Cc2cccc(OC)c2)n1. The molecular formula is C19H23N3O4. The van der Waals surface area contributed by atoms with Gasteiger partial charge in [-0.1, -0.05) is 12.1 Å². The predicted molar refractivity (Wildman–Crippen MR) is 97.4 cm³/mol. The van der Waals surface area contributed by atoms with Crippen LogP contribution in [-0.2, 0) is 11.3 Å². The summed E-state index contributed by atoms with van der Waals surface area (Å²) >= 11 is 0. The minimum absolute atomic E-state index is 0.108. The molecule has 26 heavy (non-hydrogen) atoms. The minimum Gasteiger partial charge on any atom is -0.497 e. The van der Waals surface area contributed by atoms with Crippen molar-refractivity contribution in [1.29, 1.82) is 0 Å². The van der Waals surface area contributed by atoms with Crippen molar-refractivity contribution in [2.24, 2.45) is 0 Å². The lowest BCUT2D eigenvalue weighted by molar-refractivity contribution is 0.0518. The Hall–Kier alpha value is -3.09. The molecule has 2 aromatic rings. The van der Waals surface area contributed by atoms with Gasteiger partial charge in [-0.15, -0.1) is 0 Å². The number of carbonyl (C=O) groups is 2. The van der Waals surface area contributed by atoms with Gasteiger partial charge in [-0.05, 0) is 24.6 Å². The van der Waals surface area contributed by atoms with Gasteiger partial charge in [-0.25, -0.2) is 4.79 Å². The van der Waals surface area contributed by atoms with Crippen LogP contribution in [0.1, 0.15) is 33.5 Å². The predicted octanol–water partition coefficient (Wildman–Crippen LogP) is 2.37. The Labute approximate surface area is 152 Å². The summed E-state index contributed by atoms with van der Waals surface area (Å²) in [6.45, 7) is 2.29. The highest BCUT2D eigenvalue weighted by Crippen LogP contribution is 2.16. The van der Waals surface area contributed by atoms with Crippen LogP contribution in [0.15, 0.2) is 42.6 Å². The first-order valence-corrected chi connectivity index (χ1v) is 8.21. The zero-order chi connectivity index (χ0) is 19.1. The van der Waals surface area contributed by atoms with Gasteiger partial charge in [0, 0.05) is 32.4 Å². The van der Waals surface area contributed by atoms with Gasteiger partial charge in [0.05, 0.1) is 20.3 Å². The van der Waals surface area contributed by atoms with E-state index in [1.807, 2.05) is 38.4 Å². The molecule has 7 heteroatoms. The van der Waals surface area contributed by atoms with Crippen molar-refractivity contribution < 1.29 is 19.1 Å². The molecule has 0 saturated heterocycles. The fourth-order valence-corrected chi connectivity index (χ4v) is 2.29. The van der Waals surface area contributed by atoms with Gasteiger partial charge in [-0.3, -0.25) is 9.48 Å². The zero-order valence-corrected chi connectivity index (χ0v) is 15.4. The number of methoxy groups -OCH3 is 1. The molecule has 0 atom stereocenters. The molecule has 0 N–H and O–H groups in total. The quantitative estimate of drug-likeness (QED) is 0.410. The van der Waals surface area contributed by atoms with E-state index in [9.17, 15) is 9.59 Å². The number of rotatable bonds is 8. The molecule has 0 radical (unpaired) electrons. The molecule has 0 bridgehead atoms. The Morgan fingerprint density at radius 1 is 1.27 bits per heavy atom. The molecule has 138 valence electrons. The Bertz CT molecular complexity index is 809. The molecular weight excluding hydrogens is 334 g/mol. The molecule has 1 heterocycles. The average molecular weight is 357 g/mol. The maximum absolute atomic E-state index is 12.5. The van der Waals surface area contributed by atoms with Crippen LogP contribution >= 0.6 is 0 Å². The van der Waals surface area contributed by atoms with Crippen molar-refractivity contribution in [1.82, 2.24) is 14.7 Å². The lowest BCUT2D eigenvalue weighted by Crippen LogP contribution is -2.12. The van der Waals surface area contributed by atoms with Crippen molar-refractivity contribution in [3.05, 3.63) is 59.6 Å². The molecule has 0 unspecified atom stereocenters. The molecule has 0 amide bonds. The summed E-state index contributed by atoms with van der Waals surface area (Å²) in [6, 6.07) is 8.91. The number of carbonyl (C=O) groups excluding carboxylic acids is 2. The van der Waals surface area contributed by atoms with Crippen molar-refractivity contribution in [3.63, 3.8) is 0 Å². The number of nitrogens with zero attached hydrogens (tertiary/aromatic N) is 3. The van der Waals surface area contributed by atoms with Crippen LogP contribution < -0.4 is 4.74 Å². The van der Waals surface area contributed by atoms with Gasteiger partial charge in [-0.2, -0.15) is 5.10 Å². The molecule has 7 nitrogen and oxygen atoms in total. The number of benzene rings is 1. The van der Waals surface area contributed by atoms with E-state index in [4.69, 9.17) is 9.47 Å². The topological polar surface area (TPSA) is 73.7 Å². The molecule has 0 aliphatic heterocycles. The van der Waals surface area contributed by atoms with Gasteiger partial charge in [0.25, 0.3) is 0 Å². The van der Waals surface area contributed by atoms with E-state index in [2.05, 4.69) is 5.10 Å². The van der Waals surface area contributed by atoms with E-state index < -0.39 is 5.97 Å². The van der Waals surface area contributed by atoms with Crippen LogP contribution in [0.2, 0.25) is 0 Å². The highest BCUT2D eigenvalue weighted by Gasteiger charge is 2.19. The first-order valence-electron chi connectivity index (χ1n) is 8.21. The van der Waals surface area contributed by atoms with Crippen molar-refractivity contribution in [2.75, 3.05) is 27.8 Å². The van der Waals surface area contributed by atoms with E-state index in [0.717, 1.165) is 5.56 Å². The Morgan fingerprint density at radius 2 is 2.04 bits per heavy atom.